The number of rotatable bonds is 4. The molecule has 0 aromatic heterocycles. The molecule has 0 bridgehead atoms. The lowest BCUT2D eigenvalue weighted by molar-refractivity contribution is -0.123. The summed E-state index contributed by atoms with van der Waals surface area (Å²) in [6, 6.07) is 5.55. The second-order valence-corrected chi connectivity index (χ2v) is 7.16. The lowest BCUT2D eigenvalue weighted by atomic mass is 9.89. The average Bonchev–Trinajstić information content (AvgIpc) is 2.98. The average molecular weight is 318 g/mol. The van der Waals surface area contributed by atoms with Crippen molar-refractivity contribution in [3.05, 3.63) is 23.8 Å². The predicted octanol–water partition coefficient (Wildman–Crippen LogP) is 2.95. The van der Waals surface area contributed by atoms with Gasteiger partial charge in [0, 0.05) is 30.7 Å². The van der Waals surface area contributed by atoms with Crippen molar-refractivity contribution in [1.29, 1.82) is 0 Å². The van der Waals surface area contributed by atoms with Crippen LogP contribution in [0.2, 0.25) is 0 Å². The monoisotopic (exact) mass is 318 g/mol. The summed E-state index contributed by atoms with van der Waals surface area (Å²) >= 11 is 0. The lowest BCUT2D eigenvalue weighted by Crippen LogP contribution is -2.41. The molecule has 0 spiro atoms. The van der Waals surface area contributed by atoms with Crippen molar-refractivity contribution in [3.63, 3.8) is 0 Å². The van der Waals surface area contributed by atoms with Gasteiger partial charge in [0.15, 0.2) is 0 Å². The van der Waals surface area contributed by atoms with E-state index in [0.717, 1.165) is 43.6 Å². The minimum absolute atomic E-state index is 0.0609. The molecular formula is C18H26N2O3. The first-order valence-corrected chi connectivity index (χ1v) is 8.42. The summed E-state index contributed by atoms with van der Waals surface area (Å²) in [5.74, 6) is 0.872. The second kappa shape index (κ2) is 6.40. The van der Waals surface area contributed by atoms with Crippen LogP contribution in [0.4, 0.5) is 5.69 Å². The van der Waals surface area contributed by atoms with E-state index in [1.54, 1.807) is 0 Å². The number of benzene rings is 1. The normalized spacial score (nSPS) is 25.5. The Morgan fingerprint density at radius 2 is 2.26 bits per heavy atom. The van der Waals surface area contributed by atoms with E-state index in [1.807, 2.05) is 32.0 Å². The lowest BCUT2D eigenvalue weighted by Gasteiger charge is -2.38. The van der Waals surface area contributed by atoms with Gasteiger partial charge in [0.25, 0.3) is 0 Å². The summed E-state index contributed by atoms with van der Waals surface area (Å²) in [7, 11) is 0. The number of anilines is 1. The van der Waals surface area contributed by atoms with Crippen LogP contribution in [0.15, 0.2) is 18.2 Å². The molecule has 2 heterocycles. The summed E-state index contributed by atoms with van der Waals surface area (Å²) in [5.41, 5.74) is 7.24. The molecule has 2 aliphatic rings. The largest absolute Gasteiger partial charge is 0.487 e. The van der Waals surface area contributed by atoms with Crippen molar-refractivity contribution < 1.29 is 14.3 Å². The van der Waals surface area contributed by atoms with Crippen LogP contribution in [0.1, 0.15) is 57.6 Å². The molecule has 2 unspecified atom stereocenters. The van der Waals surface area contributed by atoms with Crippen LogP contribution in [-0.4, -0.2) is 24.2 Å². The Bertz CT molecular complexity index is 580. The Morgan fingerprint density at radius 3 is 3.00 bits per heavy atom. The molecule has 23 heavy (non-hydrogen) atoms. The summed E-state index contributed by atoms with van der Waals surface area (Å²) in [6.07, 6.45) is 4.44. The number of nitrogens with one attached hydrogen (secondary N) is 1. The van der Waals surface area contributed by atoms with Crippen LogP contribution in [0.5, 0.6) is 5.75 Å². The zero-order chi connectivity index (χ0) is 16.4. The first-order chi connectivity index (χ1) is 10.9. The van der Waals surface area contributed by atoms with E-state index in [4.69, 9.17) is 15.2 Å². The van der Waals surface area contributed by atoms with E-state index < -0.39 is 0 Å². The summed E-state index contributed by atoms with van der Waals surface area (Å²) in [6.45, 7) is 4.91. The van der Waals surface area contributed by atoms with Gasteiger partial charge in [0.2, 0.25) is 5.91 Å². The summed E-state index contributed by atoms with van der Waals surface area (Å²) in [5, 5.41) is 3.15. The fourth-order valence-corrected chi connectivity index (χ4v) is 3.43. The third-order valence-corrected chi connectivity index (χ3v) is 4.54. The molecule has 0 aliphatic carbocycles. The number of hydrogen-bond donors (Lipinski definition) is 2. The zero-order valence-corrected chi connectivity index (χ0v) is 13.9. The van der Waals surface area contributed by atoms with Gasteiger partial charge in [-0.2, -0.15) is 0 Å². The van der Waals surface area contributed by atoms with Crippen molar-refractivity contribution in [2.45, 2.75) is 63.7 Å². The van der Waals surface area contributed by atoms with Crippen LogP contribution in [-0.2, 0) is 9.53 Å². The maximum Gasteiger partial charge on any atom is 0.220 e. The number of carbonyl (C=O) groups excluding carboxylic acids is 1. The SMILES string of the molecule is CC1(C)CC(NC(=O)CCC2CCCO2)c2cc(N)ccc2O1. The van der Waals surface area contributed by atoms with Crippen LogP contribution < -0.4 is 15.8 Å². The highest BCUT2D eigenvalue weighted by atomic mass is 16.5. The Kier molecular flexibility index (Phi) is 4.48. The first-order valence-electron chi connectivity index (χ1n) is 8.42. The van der Waals surface area contributed by atoms with E-state index >= 15 is 0 Å². The van der Waals surface area contributed by atoms with Gasteiger partial charge in [-0.15, -0.1) is 0 Å². The number of hydrogen-bond acceptors (Lipinski definition) is 4. The van der Waals surface area contributed by atoms with Crippen molar-refractivity contribution in [2.75, 3.05) is 12.3 Å². The molecule has 1 fully saturated rings. The van der Waals surface area contributed by atoms with E-state index in [2.05, 4.69) is 5.32 Å². The molecule has 1 aromatic carbocycles. The van der Waals surface area contributed by atoms with Crippen molar-refractivity contribution in [3.8, 4) is 5.75 Å². The number of ether oxygens (including phenoxy) is 2. The van der Waals surface area contributed by atoms with Gasteiger partial charge >= 0.3 is 0 Å². The highest BCUT2D eigenvalue weighted by Gasteiger charge is 2.34. The third-order valence-electron chi connectivity index (χ3n) is 4.54. The smallest absolute Gasteiger partial charge is 0.220 e. The van der Waals surface area contributed by atoms with Crippen molar-refractivity contribution >= 4 is 11.6 Å². The maximum atomic E-state index is 12.3. The van der Waals surface area contributed by atoms with Gasteiger partial charge in [-0.1, -0.05) is 0 Å². The van der Waals surface area contributed by atoms with Crippen molar-refractivity contribution in [2.24, 2.45) is 0 Å². The molecule has 126 valence electrons. The second-order valence-electron chi connectivity index (χ2n) is 7.16. The Hall–Kier alpha value is -1.75. The molecular weight excluding hydrogens is 292 g/mol. The number of fused-ring (bicyclic) bond motifs is 1. The number of carbonyl (C=O) groups is 1. The predicted molar refractivity (Wildman–Crippen MR) is 89.3 cm³/mol. The van der Waals surface area contributed by atoms with E-state index in [0.29, 0.717) is 12.1 Å². The van der Waals surface area contributed by atoms with Gasteiger partial charge in [0.1, 0.15) is 11.4 Å². The van der Waals surface area contributed by atoms with Crippen molar-refractivity contribution in [1.82, 2.24) is 5.32 Å². The Balaban J connectivity index is 1.66. The first kappa shape index (κ1) is 16.1. The highest BCUT2D eigenvalue weighted by Crippen LogP contribution is 2.40. The standard InChI is InChI=1S/C18H26N2O3/c1-18(2)11-15(14-10-12(19)5-7-16(14)23-18)20-17(21)8-6-13-4-3-9-22-13/h5,7,10,13,15H,3-4,6,8-9,11,19H2,1-2H3,(H,20,21). The van der Waals surface area contributed by atoms with Crippen LogP contribution >= 0.6 is 0 Å². The number of amides is 1. The number of nitrogen functional groups attached to an aromatic ring is 1. The molecule has 2 atom stereocenters. The molecule has 1 aromatic rings. The van der Waals surface area contributed by atoms with Crippen LogP contribution in [0, 0.1) is 0 Å². The quantitative estimate of drug-likeness (QED) is 0.837. The minimum atomic E-state index is -0.310. The summed E-state index contributed by atoms with van der Waals surface area (Å²) < 4.78 is 11.6. The molecule has 3 rings (SSSR count). The molecule has 0 radical (unpaired) electrons. The molecule has 0 saturated carbocycles. The topological polar surface area (TPSA) is 73.6 Å². The number of nitrogens with two attached hydrogens (primary N) is 1. The molecule has 1 amide bonds. The van der Waals surface area contributed by atoms with Crippen LogP contribution in [0.3, 0.4) is 0 Å². The van der Waals surface area contributed by atoms with E-state index in [9.17, 15) is 4.79 Å². The minimum Gasteiger partial charge on any atom is -0.487 e. The molecule has 5 heteroatoms. The van der Waals surface area contributed by atoms with Gasteiger partial charge in [-0.3, -0.25) is 4.79 Å². The van der Waals surface area contributed by atoms with Gasteiger partial charge in [0.05, 0.1) is 12.1 Å². The fraction of sp³-hybridized carbons (Fsp3) is 0.611. The molecule has 3 N–H and O–H groups in total. The third kappa shape index (κ3) is 3.96. The van der Waals surface area contributed by atoms with Crippen LogP contribution in [0.25, 0.3) is 0 Å². The van der Waals surface area contributed by atoms with Gasteiger partial charge in [-0.05, 0) is 51.3 Å². The highest BCUT2D eigenvalue weighted by molar-refractivity contribution is 5.76. The fourth-order valence-electron chi connectivity index (χ4n) is 3.43. The summed E-state index contributed by atoms with van der Waals surface area (Å²) in [4.78, 5) is 12.3. The molecule has 2 aliphatic heterocycles. The maximum absolute atomic E-state index is 12.3. The Morgan fingerprint density at radius 1 is 1.43 bits per heavy atom. The van der Waals surface area contributed by atoms with Gasteiger partial charge < -0.3 is 20.5 Å². The molecule has 1 saturated heterocycles. The van der Waals surface area contributed by atoms with Gasteiger partial charge in [-0.25, -0.2) is 0 Å². The molecule has 5 nitrogen and oxygen atoms in total. The van der Waals surface area contributed by atoms with E-state index in [1.165, 1.54) is 0 Å². The Labute approximate surface area is 137 Å². The zero-order valence-electron chi connectivity index (χ0n) is 13.9. The van der Waals surface area contributed by atoms with E-state index in [-0.39, 0.29) is 23.7 Å².